The first kappa shape index (κ1) is 10.6. The van der Waals surface area contributed by atoms with Crippen LogP contribution in [0.1, 0.15) is 11.1 Å². The quantitative estimate of drug-likeness (QED) is 0.764. The molecule has 0 unspecified atom stereocenters. The summed E-state index contributed by atoms with van der Waals surface area (Å²) in [6.07, 6.45) is 0. The summed E-state index contributed by atoms with van der Waals surface area (Å²) >= 11 is 0. The predicted molar refractivity (Wildman–Crippen MR) is 64.7 cm³/mol. The molecule has 0 saturated heterocycles. The van der Waals surface area contributed by atoms with Crippen molar-refractivity contribution in [3.63, 3.8) is 0 Å². The molecule has 2 aromatic carbocycles. The van der Waals surface area contributed by atoms with E-state index in [9.17, 15) is 10.2 Å². The molecule has 0 heterocycles. The zero-order valence-electron chi connectivity index (χ0n) is 9.36. The van der Waals surface area contributed by atoms with Crippen molar-refractivity contribution in [1.29, 1.82) is 0 Å². The molecule has 16 heavy (non-hydrogen) atoms. The number of para-hydroxylation sites is 2. The van der Waals surface area contributed by atoms with Crippen LogP contribution in [0.15, 0.2) is 36.4 Å². The second-order valence-corrected chi connectivity index (χ2v) is 3.94. The monoisotopic (exact) mass is 214 g/mol. The van der Waals surface area contributed by atoms with Crippen molar-refractivity contribution in [3.8, 4) is 22.6 Å². The Morgan fingerprint density at radius 2 is 1.06 bits per heavy atom. The van der Waals surface area contributed by atoms with Crippen molar-refractivity contribution in [2.24, 2.45) is 0 Å². The molecular formula is C14H14O2. The van der Waals surface area contributed by atoms with Gasteiger partial charge in [-0.05, 0) is 25.0 Å². The molecule has 2 rings (SSSR count). The van der Waals surface area contributed by atoms with Crippen LogP contribution >= 0.6 is 0 Å². The van der Waals surface area contributed by atoms with Gasteiger partial charge in [-0.1, -0.05) is 36.4 Å². The molecule has 0 atom stereocenters. The molecule has 2 nitrogen and oxygen atoms in total. The predicted octanol–water partition coefficient (Wildman–Crippen LogP) is 3.38. The normalized spacial score (nSPS) is 10.4. The van der Waals surface area contributed by atoms with Gasteiger partial charge in [0.15, 0.2) is 0 Å². The molecule has 0 saturated carbocycles. The highest BCUT2D eigenvalue weighted by molar-refractivity contribution is 5.77. The van der Waals surface area contributed by atoms with E-state index >= 15 is 0 Å². The van der Waals surface area contributed by atoms with E-state index in [2.05, 4.69) is 0 Å². The second-order valence-electron chi connectivity index (χ2n) is 3.94. The average Bonchev–Trinajstić information content (AvgIpc) is 2.27. The van der Waals surface area contributed by atoms with Gasteiger partial charge in [0.2, 0.25) is 0 Å². The number of rotatable bonds is 1. The van der Waals surface area contributed by atoms with Gasteiger partial charge in [0.25, 0.3) is 0 Å². The summed E-state index contributed by atoms with van der Waals surface area (Å²) in [6.45, 7) is 3.68. The average molecular weight is 214 g/mol. The molecule has 0 bridgehead atoms. The molecule has 0 aliphatic rings. The Morgan fingerprint density at radius 1 is 0.688 bits per heavy atom. The number of hydrogen-bond acceptors (Lipinski definition) is 2. The van der Waals surface area contributed by atoms with E-state index in [0.29, 0.717) is 11.1 Å². The zero-order valence-corrected chi connectivity index (χ0v) is 9.36. The van der Waals surface area contributed by atoms with E-state index < -0.39 is 0 Å². The van der Waals surface area contributed by atoms with Crippen LogP contribution in [-0.4, -0.2) is 10.2 Å². The van der Waals surface area contributed by atoms with Crippen molar-refractivity contribution >= 4 is 0 Å². The van der Waals surface area contributed by atoms with Gasteiger partial charge in [-0.15, -0.1) is 0 Å². The van der Waals surface area contributed by atoms with Crippen molar-refractivity contribution in [2.75, 3.05) is 0 Å². The first-order valence-corrected chi connectivity index (χ1v) is 5.19. The summed E-state index contributed by atoms with van der Waals surface area (Å²) in [5.74, 6) is 0.451. The summed E-state index contributed by atoms with van der Waals surface area (Å²) in [4.78, 5) is 0. The van der Waals surface area contributed by atoms with E-state index in [1.807, 2.05) is 38.1 Å². The third-order valence-corrected chi connectivity index (χ3v) is 2.77. The summed E-state index contributed by atoms with van der Waals surface area (Å²) in [5.41, 5.74) is 2.94. The van der Waals surface area contributed by atoms with Gasteiger partial charge < -0.3 is 10.2 Å². The molecule has 0 spiro atoms. The van der Waals surface area contributed by atoms with Crippen LogP contribution in [0, 0.1) is 13.8 Å². The fraction of sp³-hybridized carbons (Fsp3) is 0.143. The SMILES string of the molecule is Cc1cccc(-c2cccc(C)c2O)c1O. The Balaban J connectivity index is 2.68. The zero-order chi connectivity index (χ0) is 11.7. The van der Waals surface area contributed by atoms with Crippen LogP contribution in [-0.2, 0) is 0 Å². The van der Waals surface area contributed by atoms with Gasteiger partial charge >= 0.3 is 0 Å². The van der Waals surface area contributed by atoms with Gasteiger partial charge in [-0.25, -0.2) is 0 Å². The van der Waals surface area contributed by atoms with E-state index in [1.54, 1.807) is 12.1 Å². The minimum absolute atomic E-state index is 0.225. The molecule has 0 amide bonds. The highest BCUT2D eigenvalue weighted by Gasteiger charge is 2.11. The fourth-order valence-corrected chi connectivity index (χ4v) is 1.75. The lowest BCUT2D eigenvalue weighted by molar-refractivity contribution is 0.465. The Bertz CT molecular complexity index is 481. The highest BCUT2D eigenvalue weighted by Crippen LogP contribution is 2.38. The summed E-state index contributed by atoms with van der Waals surface area (Å²) < 4.78 is 0. The molecule has 0 fully saturated rings. The maximum absolute atomic E-state index is 9.96. The van der Waals surface area contributed by atoms with Crippen LogP contribution < -0.4 is 0 Å². The summed E-state index contributed by atoms with van der Waals surface area (Å²) in [6, 6.07) is 11.0. The third-order valence-electron chi connectivity index (χ3n) is 2.77. The molecule has 0 aliphatic carbocycles. The standard InChI is InChI=1S/C14H14O2/c1-9-5-3-7-11(13(9)15)12-8-4-6-10(2)14(12)16/h3-8,15-16H,1-2H3. The lowest BCUT2D eigenvalue weighted by Crippen LogP contribution is -1.85. The van der Waals surface area contributed by atoms with E-state index in [-0.39, 0.29) is 11.5 Å². The van der Waals surface area contributed by atoms with Crippen molar-refractivity contribution in [1.82, 2.24) is 0 Å². The number of phenolic OH excluding ortho intramolecular Hbond substituents is 2. The number of aromatic hydroxyl groups is 2. The van der Waals surface area contributed by atoms with Gasteiger partial charge in [0.05, 0.1) is 0 Å². The molecule has 82 valence electrons. The second kappa shape index (κ2) is 3.89. The molecule has 0 aliphatic heterocycles. The molecular weight excluding hydrogens is 200 g/mol. The van der Waals surface area contributed by atoms with Gasteiger partial charge in [-0.3, -0.25) is 0 Å². The van der Waals surface area contributed by atoms with Gasteiger partial charge in [0.1, 0.15) is 11.5 Å². The number of aryl methyl sites for hydroxylation is 2. The fourth-order valence-electron chi connectivity index (χ4n) is 1.75. The maximum atomic E-state index is 9.96. The minimum atomic E-state index is 0.225. The number of hydrogen-bond donors (Lipinski definition) is 2. The largest absolute Gasteiger partial charge is 0.507 e. The van der Waals surface area contributed by atoms with Crippen molar-refractivity contribution in [3.05, 3.63) is 47.5 Å². The molecule has 0 radical (unpaired) electrons. The van der Waals surface area contributed by atoms with Crippen LogP contribution in [0.3, 0.4) is 0 Å². The van der Waals surface area contributed by atoms with Crippen LogP contribution in [0.5, 0.6) is 11.5 Å². The van der Waals surface area contributed by atoms with E-state index in [1.165, 1.54) is 0 Å². The van der Waals surface area contributed by atoms with E-state index in [0.717, 1.165) is 11.1 Å². The highest BCUT2D eigenvalue weighted by atomic mass is 16.3. The summed E-state index contributed by atoms with van der Waals surface area (Å²) in [5, 5.41) is 19.9. The van der Waals surface area contributed by atoms with Crippen molar-refractivity contribution < 1.29 is 10.2 Å². The van der Waals surface area contributed by atoms with Crippen LogP contribution in [0.4, 0.5) is 0 Å². The Kier molecular flexibility index (Phi) is 2.57. The third kappa shape index (κ3) is 1.63. The Morgan fingerprint density at radius 3 is 1.44 bits per heavy atom. The maximum Gasteiger partial charge on any atom is 0.126 e. The molecule has 2 N–H and O–H groups in total. The molecule has 2 heteroatoms. The first-order valence-electron chi connectivity index (χ1n) is 5.19. The van der Waals surface area contributed by atoms with Crippen LogP contribution in [0.25, 0.3) is 11.1 Å². The number of phenols is 2. The Hall–Kier alpha value is -1.96. The van der Waals surface area contributed by atoms with Crippen molar-refractivity contribution in [2.45, 2.75) is 13.8 Å². The van der Waals surface area contributed by atoms with E-state index in [4.69, 9.17) is 0 Å². The minimum Gasteiger partial charge on any atom is -0.507 e. The van der Waals surface area contributed by atoms with Gasteiger partial charge in [-0.2, -0.15) is 0 Å². The topological polar surface area (TPSA) is 40.5 Å². The van der Waals surface area contributed by atoms with Crippen LogP contribution in [0.2, 0.25) is 0 Å². The number of benzene rings is 2. The summed E-state index contributed by atoms with van der Waals surface area (Å²) in [7, 11) is 0. The smallest absolute Gasteiger partial charge is 0.126 e. The molecule has 0 aromatic heterocycles. The lowest BCUT2D eigenvalue weighted by atomic mass is 9.99. The Labute approximate surface area is 94.8 Å². The lowest BCUT2D eigenvalue weighted by Gasteiger charge is -2.10. The van der Waals surface area contributed by atoms with Gasteiger partial charge in [0, 0.05) is 11.1 Å². The first-order chi connectivity index (χ1) is 7.61. The molecule has 2 aromatic rings.